The van der Waals surface area contributed by atoms with Gasteiger partial charge in [-0.2, -0.15) is 4.68 Å². The van der Waals surface area contributed by atoms with E-state index >= 15 is 0 Å². The van der Waals surface area contributed by atoms with Gasteiger partial charge in [0.15, 0.2) is 17.5 Å². The number of nitrogens with one attached hydrogen (secondary N) is 1. The van der Waals surface area contributed by atoms with Gasteiger partial charge in [0.1, 0.15) is 6.54 Å². The van der Waals surface area contributed by atoms with Gasteiger partial charge in [0.05, 0.1) is 0 Å². The van der Waals surface area contributed by atoms with Crippen LogP contribution in [0.25, 0.3) is 5.82 Å². The molecule has 28 heavy (non-hydrogen) atoms. The van der Waals surface area contributed by atoms with Crippen molar-refractivity contribution in [1.29, 1.82) is 0 Å². The molecule has 3 aromatic heterocycles. The fourth-order valence-electron chi connectivity index (χ4n) is 2.88. The maximum absolute atomic E-state index is 12.1. The van der Waals surface area contributed by atoms with Crippen LogP contribution in [0.4, 0.5) is 0 Å². The molecule has 0 amide bonds. The number of aromatic amines is 1. The molecule has 3 heterocycles. The second-order valence-electron chi connectivity index (χ2n) is 6.26. The van der Waals surface area contributed by atoms with Crippen molar-refractivity contribution in [3.05, 3.63) is 105 Å². The standard InChI is InChI=1S/C20H18N6O2/c27-19-11-12-20(28)25(24-19)14-18-22-16(10-9-15-6-2-1-3-7-15)23-26(18)17-8-4-5-13-21-17/h1-8,11-13H,9-10,14H2,(H,24,27). The number of benzene rings is 1. The van der Waals surface area contributed by atoms with Crippen molar-refractivity contribution >= 4 is 0 Å². The quantitative estimate of drug-likeness (QED) is 0.549. The molecule has 0 bridgehead atoms. The number of hydrogen-bond acceptors (Lipinski definition) is 5. The minimum absolute atomic E-state index is 0.0871. The van der Waals surface area contributed by atoms with Gasteiger partial charge in [-0.15, -0.1) is 5.10 Å². The fraction of sp³-hybridized carbons (Fsp3) is 0.150. The summed E-state index contributed by atoms with van der Waals surface area (Å²) in [6.45, 7) is 0.0871. The summed E-state index contributed by atoms with van der Waals surface area (Å²) in [4.78, 5) is 32.6. The van der Waals surface area contributed by atoms with Gasteiger partial charge in [0, 0.05) is 24.8 Å². The van der Waals surface area contributed by atoms with Crippen molar-refractivity contribution in [2.45, 2.75) is 19.4 Å². The first-order chi connectivity index (χ1) is 13.7. The monoisotopic (exact) mass is 374 g/mol. The Kier molecular flexibility index (Phi) is 4.92. The first-order valence-corrected chi connectivity index (χ1v) is 8.89. The van der Waals surface area contributed by atoms with E-state index < -0.39 is 0 Å². The SMILES string of the molecule is O=c1ccc(=O)n(Cc2nc(CCc3ccccc3)nn2-c2ccccn2)[nH]1. The zero-order valence-corrected chi connectivity index (χ0v) is 15.0. The molecular formula is C20H18N6O2. The van der Waals surface area contributed by atoms with Crippen LogP contribution >= 0.6 is 0 Å². The summed E-state index contributed by atoms with van der Waals surface area (Å²) in [5.74, 6) is 1.77. The number of aromatic nitrogens is 6. The fourth-order valence-corrected chi connectivity index (χ4v) is 2.88. The third kappa shape index (κ3) is 3.96. The van der Waals surface area contributed by atoms with Crippen LogP contribution in [-0.4, -0.2) is 29.5 Å². The van der Waals surface area contributed by atoms with Crippen LogP contribution in [0.15, 0.2) is 76.4 Å². The lowest BCUT2D eigenvalue weighted by molar-refractivity contribution is 0.588. The van der Waals surface area contributed by atoms with Crippen LogP contribution in [-0.2, 0) is 19.4 Å². The summed E-state index contributed by atoms with van der Waals surface area (Å²) in [6.07, 6.45) is 3.12. The Balaban J connectivity index is 1.67. The molecule has 0 aliphatic rings. The summed E-state index contributed by atoms with van der Waals surface area (Å²) in [7, 11) is 0. The Morgan fingerprint density at radius 1 is 0.893 bits per heavy atom. The molecule has 140 valence electrons. The first-order valence-electron chi connectivity index (χ1n) is 8.89. The molecule has 4 rings (SSSR count). The van der Waals surface area contributed by atoms with Crippen molar-refractivity contribution in [2.24, 2.45) is 0 Å². The van der Waals surface area contributed by atoms with Gasteiger partial charge in [-0.1, -0.05) is 36.4 Å². The third-order valence-electron chi connectivity index (χ3n) is 4.25. The molecule has 0 fully saturated rings. The smallest absolute Gasteiger partial charge is 0.265 e. The number of rotatable bonds is 6. The van der Waals surface area contributed by atoms with Crippen molar-refractivity contribution in [3.8, 4) is 5.82 Å². The van der Waals surface area contributed by atoms with Crippen LogP contribution in [0.3, 0.4) is 0 Å². The van der Waals surface area contributed by atoms with Gasteiger partial charge < -0.3 is 0 Å². The second-order valence-corrected chi connectivity index (χ2v) is 6.26. The summed E-state index contributed by atoms with van der Waals surface area (Å²) >= 11 is 0. The highest BCUT2D eigenvalue weighted by molar-refractivity contribution is 5.22. The maximum atomic E-state index is 12.1. The van der Waals surface area contributed by atoms with Crippen molar-refractivity contribution in [2.75, 3.05) is 0 Å². The lowest BCUT2D eigenvalue weighted by Crippen LogP contribution is -2.29. The highest BCUT2D eigenvalue weighted by Crippen LogP contribution is 2.10. The second kappa shape index (κ2) is 7.83. The van der Waals surface area contributed by atoms with Crippen LogP contribution in [0.5, 0.6) is 0 Å². The minimum Gasteiger partial charge on any atom is -0.268 e. The lowest BCUT2D eigenvalue weighted by atomic mass is 10.1. The molecule has 0 aliphatic carbocycles. The zero-order valence-electron chi connectivity index (χ0n) is 15.0. The minimum atomic E-state index is -0.354. The molecular weight excluding hydrogens is 356 g/mol. The Bertz CT molecular complexity index is 1180. The van der Waals surface area contributed by atoms with E-state index in [-0.39, 0.29) is 17.7 Å². The number of nitrogens with zero attached hydrogens (tertiary/aromatic N) is 5. The molecule has 1 N–H and O–H groups in total. The van der Waals surface area contributed by atoms with Gasteiger partial charge in [0.25, 0.3) is 11.1 Å². The molecule has 4 aromatic rings. The van der Waals surface area contributed by atoms with E-state index in [0.717, 1.165) is 6.42 Å². The van der Waals surface area contributed by atoms with Crippen molar-refractivity contribution < 1.29 is 0 Å². The maximum Gasteiger partial charge on any atom is 0.265 e. The van der Waals surface area contributed by atoms with E-state index in [2.05, 4.69) is 32.3 Å². The Morgan fingerprint density at radius 3 is 2.50 bits per heavy atom. The number of H-pyrrole nitrogens is 1. The van der Waals surface area contributed by atoms with E-state index in [1.807, 2.05) is 36.4 Å². The van der Waals surface area contributed by atoms with E-state index in [4.69, 9.17) is 0 Å². The van der Waals surface area contributed by atoms with E-state index in [1.165, 1.54) is 22.4 Å². The summed E-state index contributed by atoms with van der Waals surface area (Å²) < 4.78 is 2.82. The van der Waals surface area contributed by atoms with Gasteiger partial charge in [-0.3, -0.25) is 14.7 Å². The van der Waals surface area contributed by atoms with Crippen LogP contribution in [0.1, 0.15) is 17.2 Å². The summed E-state index contributed by atoms with van der Waals surface area (Å²) in [5.41, 5.74) is 0.524. The van der Waals surface area contributed by atoms with Crippen molar-refractivity contribution in [1.82, 2.24) is 29.5 Å². The molecule has 0 saturated heterocycles. The lowest BCUT2D eigenvalue weighted by Gasteiger charge is -2.06. The van der Waals surface area contributed by atoms with Crippen LogP contribution in [0.2, 0.25) is 0 Å². The normalized spacial score (nSPS) is 10.9. The predicted molar refractivity (Wildman–Crippen MR) is 103 cm³/mol. The molecule has 1 aromatic carbocycles. The molecule has 8 nitrogen and oxygen atoms in total. The number of pyridine rings is 1. The zero-order chi connectivity index (χ0) is 19.3. The largest absolute Gasteiger partial charge is 0.268 e. The van der Waals surface area contributed by atoms with Gasteiger partial charge >= 0.3 is 0 Å². The van der Waals surface area contributed by atoms with Crippen LogP contribution in [0, 0.1) is 0 Å². The van der Waals surface area contributed by atoms with Gasteiger partial charge in [-0.05, 0) is 24.1 Å². The number of hydrogen-bond donors (Lipinski definition) is 1. The van der Waals surface area contributed by atoms with E-state index in [1.54, 1.807) is 10.9 Å². The Hall–Kier alpha value is -3.81. The molecule has 0 atom stereocenters. The predicted octanol–water partition coefficient (Wildman–Crippen LogP) is 1.35. The average Bonchev–Trinajstić information content (AvgIpc) is 3.13. The highest BCUT2D eigenvalue weighted by atomic mass is 16.1. The molecule has 8 heteroatoms. The number of aryl methyl sites for hydroxylation is 2. The first kappa shape index (κ1) is 17.6. The van der Waals surface area contributed by atoms with E-state index in [9.17, 15) is 9.59 Å². The van der Waals surface area contributed by atoms with E-state index in [0.29, 0.717) is 23.9 Å². The average molecular weight is 374 g/mol. The third-order valence-corrected chi connectivity index (χ3v) is 4.25. The molecule has 0 saturated carbocycles. The van der Waals surface area contributed by atoms with Gasteiger partial charge in [0.2, 0.25) is 0 Å². The molecule has 0 spiro atoms. The topological polar surface area (TPSA) is 98.5 Å². The molecule has 0 radical (unpaired) electrons. The van der Waals surface area contributed by atoms with Crippen LogP contribution < -0.4 is 11.1 Å². The van der Waals surface area contributed by atoms with Crippen molar-refractivity contribution in [3.63, 3.8) is 0 Å². The summed E-state index contributed by atoms with van der Waals surface area (Å²) in [5, 5.41) is 7.10. The Labute approximate surface area is 160 Å². The summed E-state index contributed by atoms with van der Waals surface area (Å²) in [6, 6.07) is 18.0. The molecule has 0 unspecified atom stereocenters. The Morgan fingerprint density at radius 2 is 1.71 bits per heavy atom. The van der Waals surface area contributed by atoms with Gasteiger partial charge in [-0.25, -0.2) is 14.6 Å². The highest BCUT2D eigenvalue weighted by Gasteiger charge is 2.14. The molecule has 0 aliphatic heterocycles.